The molecule has 0 bridgehead atoms. The Hall–Kier alpha value is -1.43. The lowest BCUT2D eigenvalue weighted by Gasteiger charge is -2.44. The van der Waals surface area contributed by atoms with Crippen molar-refractivity contribution in [2.24, 2.45) is 0 Å². The number of hydrogen-bond acceptors (Lipinski definition) is 4. The molecule has 0 radical (unpaired) electrons. The van der Waals surface area contributed by atoms with Crippen molar-refractivity contribution in [3.63, 3.8) is 0 Å². The summed E-state index contributed by atoms with van der Waals surface area (Å²) >= 11 is 0. The van der Waals surface area contributed by atoms with E-state index >= 15 is 0 Å². The van der Waals surface area contributed by atoms with Gasteiger partial charge in [0.15, 0.2) is 0 Å². The van der Waals surface area contributed by atoms with Gasteiger partial charge in [0.2, 0.25) is 0 Å². The molecule has 5 heteroatoms. The maximum absolute atomic E-state index is 11.3. The zero-order valence-corrected chi connectivity index (χ0v) is 13.7. The molecule has 1 fully saturated rings. The summed E-state index contributed by atoms with van der Waals surface area (Å²) in [6.07, 6.45) is 1.20. The van der Waals surface area contributed by atoms with Gasteiger partial charge in [-0.15, -0.1) is 0 Å². The van der Waals surface area contributed by atoms with E-state index in [1.807, 2.05) is 12.1 Å². The van der Waals surface area contributed by atoms with Gasteiger partial charge in [0.05, 0.1) is 0 Å². The van der Waals surface area contributed by atoms with Gasteiger partial charge in [-0.1, -0.05) is 19.1 Å². The normalized spacial score (nSPS) is 23.5. The van der Waals surface area contributed by atoms with Gasteiger partial charge in [0, 0.05) is 37.3 Å². The topological polar surface area (TPSA) is 55.8 Å². The predicted octanol–water partition coefficient (Wildman–Crippen LogP) is 2.11. The van der Waals surface area contributed by atoms with Crippen molar-refractivity contribution in [2.75, 3.05) is 19.6 Å². The number of hydroxylamine groups is 1. The van der Waals surface area contributed by atoms with Crippen LogP contribution in [0.3, 0.4) is 0 Å². The third kappa shape index (κ3) is 4.06. The van der Waals surface area contributed by atoms with Crippen LogP contribution in [0.2, 0.25) is 0 Å². The minimum absolute atomic E-state index is 0.470. The van der Waals surface area contributed by atoms with Crippen LogP contribution in [0.5, 0.6) is 0 Å². The van der Waals surface area contributed by atoms with E-state index in [-0.39, 0.29) is 0 Å². The molecular weight excluding hydrogens is 278 g/mol. The molecule has 1 amide bonds. The molecule has 0 saturated carbocycles. The first-order valence-corrected chi connectivity index (χ1v) is 8.06. The van der Waals surface area contributed by atoms with Crippen molar-refractivity contribution in [1.82, 2.24) is 15.3 Å². The first-order chi connectivity index (χ1) is 10.5. The summed E-state index contributed by atoms with van der Waals surface area (Å²) < 4.78 is 0. The second-order valence-corrected chi connectivity index (χ2v) is 6.27. The van der Waals surface area contributed by atoms with E-state index in [1.165, 1.54) is 18.5 Å². The molecule has 22 heavy (non-hydrogen) atoms. The molecule has 1 aromatic carbocycles. The molecule has 1 aliphatic heterocycles. The third-order valence-electron chi connectivity index (χ3n) is 4.38. The molecule has 1 aliphatic rings. The molecule has 0 aliphatic carbocycles. The van der Waals surface area contributed by atoms with Gasteiger partial charge in [-0.3, -0.25) is 19.8 Å². The molecule has 0 aromatic heterocycles. The summed E-state index contributed by atoms with van der Waals surface area (Å²) in [5.74, 6) is -0.470. The summed E-state index contributed by atoms with van der Waals surface area (Å²) in [5, 5.41) is 8.63. The zero-order chi connectivity index (χ0) is 16.1. The average Bonchev–Trinajstić information content (AvgIpc) is 2.51. The Balaban J connectivity index is 1.95. The monoisotopic (exact) mass is 305 g/mol. The second-order valence-electron chi connectivity index (χ2n) is 6.27. The first kappa shape index (κ1) is 16.9. The number of nitrogens with zero attached hydrogens (tertiary/aromatic N) is 2. The molecule has 1 saturated heterocycles. The van der Waals surface area contributed by atoms with Crippen LogP contribution in [-0.2, 0) is 6.54 Å². The Labute approximate surface area is 132 Å². The minimum Gasteiger partial charge on any atom is -0.296 e. The van der Waals surface area contributed by atoms with Crippen LogP contribution < -0.4 is 5.48 Å². The van der Waals surface area contributed by atoms with Crippen molar-refractivity contribution in [1.29, 1.82) is 0 Å². The van der Waals surface area contributed by atoms with Gasteiger partial charge in [-0.05, 0) is 44.5 Å². The van der Waals surface area contributed by atoms with Crippen molar-refractivity contribution >= 4 is 5.91 Å². The minimum atomic E-state index is -0.470. The second kappa shape index (κ2) is 7.72. The van der Waals surface area contributed by atoms with Gasteiger partial charge in [0.1, 0.15) is 0 Å². The lowest BCUT2D eigenvalue weighted by atomic mass is 10.1. The predicted molar refractivity (Wildman–Crippen MR) is 86.9 cm³/mol. The number of hydrogen-bond donors (Lipinski definition) is 2. The number of rotatable bonds is 5. The third-order valence-corrected chi connectivity index (χ3v) is 4.38. The molecule has 1 heterocycles. The smallest absolute Gasteiger partial charge is 0.274 e. The Morgan fingerprint density at radius 2 is 1.82 bits per heavy atom. The highest BCUT2D eigenvalue weighted by atomic mass is 16.5. The van der Waals surface area contributed by atoms with E-state index in [0.717, 1.165) is 19.6 Å². The largest absolute Gasteiger partial charge is 0.296 e. The molecular formula is C17H27N3O2. The Kier molecular flexibility index (Phi) is 5.94. The summed E-state index contributed by atoms with van der Waals surface area (Å²) in [6, 6.07) is 8.56. The van der Waals surface area contributed by atoms with E-state index in [0.29, 0.717) is 17.6 Å². The highest BCUT2D eigenvalue weighted by molar-refractivity contribution is 5.93. The molecule has 1 aromatic rings. The fourth-order valence-electron chi connectivity index (χ4n) is 3.38. The molecule has 2 N–H and O–H groups in total. The van der Waals surface area contributed by atoms with Gasteiger partial charge in [-0.2, -0.15) is 0 Å². The van der Waals surface area contributed by atoms with Crippen LogP contribution in [0.25, 0.3) is 0 Å². The van der Waals surface area contributed by atoms with Crippen molar-refractivity contribution < 1.29 is 10.0 Å². The highest BCUT2D eigenvalue weighted by Crippen LogP contribution is 2.18. The van der Waals surface area contributed by atoms with Crippen molar-refractivity contribution in [2.45, 2.75) is 45.8 Å². The summed E-state index contributed by atoms with van der Waals surface area (Å²) in [4.78, 5) is 16.4. The number of carbonyl (C=O) groups excluding carboxylic acids is 1. The Morgan fingerprint density at radius 1 is 1.23 bits per heavy atom. The highest BCUT2D eigenvalue weighted by Gasteiger charge is 2.28. The van der Waals surface area contributed by atoms with E-state index in [1.54, 1.807) is 17.6 Å². The Bertz CT molecular complexity index is 477. The number of carbonyl (C=O) groups is 1. The van der Waals surface area contributed by atoms with Crippen LogP contribution >= 0.6 is 0 Å². The lowest BCUT2D eigenvalue weighted by Crippen LogP contribution is -2.56. The molecule has 2 atom stereocenters. The quantitative estimate of drug-likeness (QED) is 0.646. The lowest BCUT2D eigenvalue weighted by molar-refractivity contribution is 0.0351. The number of benzene rings is 1. The van der Waals surface area contributed by atoms with Gasteiger partial charge in [-0.25, -0.2) is 5.48 Å². The number of piperazine rings is 1. The van der Waals surface area contributed by atoms with Gasteiger partial charge in [0.25, 0.3) is 5.91 Å². The Morgan fingerprint density at radius 3 is 2.32 bits per heavy atom. The van der Waals surface area contributed by atoms with E-state index < -0.39 is 5.91 Å². The van der Waals surface area contributed by atoms with E-state index in [9.17, 15) is 4.79 Å². The fraction of sp³-hybridized carbons (Fsp3) is 0.588. The van der Waals surface area contributed by atoms with Crippen LogP contribution in [0, 0.1) is 0 Å². The standard InChI is InChI=1S/C17H27N3O2/c1-4-9-20-13(2)10-19(11-14(20)3)12-15-5-7-16(8-6-15)17(21)18-22/h5-8,13-14,22H,4,9-12H2,1-3H3,(H,18,21). The van der Waals surface area contributed by atoms with E-state index in [2.05, 4.69) is 30.6 Å². The van der Waals surface area contributed by atoms with Crippen LogP contribution in [-0.4, -0.2) is 52.6 Å². The van der Waals surface area contributed by atoms with Crippen molar-refractivity contribution in [3.8, 4) is 0 Å². The fourth-order valence-corrected chi connectivity index (χ4v) is 3.38. The van der Waals surface area contributed by atoms with Crippen LogP contribution in [0.15, 0.2) is 24.3 Å². The maximum Gasteiger partial charge on any atom is 0.274 e. The van der Waals surface area contributed by atoms with Crippen LogP contribution in [0.4, 0.5) is 0 Å². The maximum atomic E-state index is 11.3. The molecule has 122 valence electrons. The summed E-state index contributed by atoms with van der Waals surface area (Å²) in [6.45, 7) is 11.0. The van der Waals surface area contributed by atoms with Crippen LogP contribution in [0.1, 0.15) is 43.1 Å². The molecule has 2 unspecified atom stereocenters. The van der Waals surface area contributed by atoms with E-state index in [4.69, 9.17) is 5.21 Å². The zero-order valence-electron chi connectivity index (χ0n) is 13.7. The molecule has 2 rings (SSSR count). The summed E-state index contributed by atoms with van der Waals surface area (Å²) in [5.41, 5.74) is 3.32. The SMILES string of the molecule is CCCN1C(C)CN(Cc2ccc(C(=O)NO)cc2)CC1C. The van der Waals surface area contributed by atoms with Gasteiger partial charge < -0.3 is 0 Å². The van der Waals surface area contributed by atoms with Crippen molar-refractivity contribution in [3.05, 3.63) is 35.4 Å². The average molecular weight is 305 g/mol. The number of nitrogens with one attached hydrogen (secondary N) is 1. The first-order valence-electron chi connectivity index (χ1n) is 8.06. The molecule has 0 spiro atoms. The number of amides is 1. The van der Waals surface area contributed by atoms with Gasteiger partial charge >= 0.3 is 0 Å². The molecule has 5 nitrogen and oxygen atoms in total. The summed E-state index contributed by atoms with van der Waals surface area (Å²) in [7, 11) is 0.